The molecule has 98 valence electrons. The molecular formula is C16H23NO. The van der Waals surface area contributed by atoms with E-state index in [-0.39, 0.29) is 5.41 Å². The molecule has 0 saturated carbocycles. The van der Waals surface area contributed by atoms with Gasteiger partial charge in [-0.2, -0.15) is 0 Å². The summed E-state index contributed by atoms with van der Waals surface area (Å²) in [4.78, 5) is 0. The number of hydrogen-bond acceptors (Lipinski definition) is 2. The molecular weight excluding hydrogens is 222 g/mol. The van der Waals surface area contributed by atoms with E-state index in [9.17, 15) is 0 Å². The van der Waals surface area contributed by atoms with Crippen LogP contribution < -0.4 is 10.1 Å². The van der Waals surface area contributed by atoms with Crippen LogP contribution in [-0.4, -0.2) is 20.2 Å². The van der Waals surface area contributed by atoms with E-state index >= 15 is 0 Å². The third-order valence-corrected chi connectivity index (χ3v) is 3.76. The number of nitrogens with one attached hydrogen (secondary N) is 1. The predicted molar refractivity (Wildman–Crippen MR) is 76.2 cm³/mol. The third-order valence-electron chi connectivity index (χ3n) is 3.76. The second kappa shape index (κ2) is 6.05. The van der Waals surface area contributed by atoms with Gasteiger partial charge in [-0.15, -0.1) is 0 Å². The molecule has 0 heterocycles. The van der Waals surface area contributed by atoms with Crippen molar-refractivity contribution >= 4 is 0 Å². The van der Waals surface area contributed by atoms with Crippen molar-refractivity contribution in [2.24, 2.45) is 0 Å². The van der Waals surface area contributed by atoms with Crippen molar-refractivity contribution in [2.45, 2.75) is 31.6 Å². The highest BCUT2D eigenvalue weighted by molar-refractivity contribution is 5.37. The second-order valence-electron chi connectivity index (χ2n) is 5.07. The first kappa shape index (κ1) is 13.2. The van der Waals surface area contributed by atoms with Crippen LogP contribution in [0.3, 0.4) is 0 Å². The van der Waals surface area contributed by atoms with Gasteiger partial charge in [0.1, 0.15) is 5.75 Å². The Morgan fingerprint density at radius 2 is 2.06 bits per heavy atom. The fraction of sp³-hybridized carbons (Fsp3) is 0.500. The van der Waals surface area contributed by atoms with Gasteiger partial charge in [-0.3, -0.25) is 0 Å². The van der Waals surface area contributed by atoms with Gasteiger partial charge in [-0.1, -0.05) is 31.2 Å². The Labute approximate surface area is 110 Å². The largest absolute Gasteiger partial charge is 0.497 e. The smallest absolute Gasteiger partial charge is 0.119 e. The van der Waals surface area contributed by atoms with Crippen LogP contribution >= 0.6 is 0 Å². The molecule has 0 fully saturated rings. The van der Waals surface area contributed by atoms with Gasteiger partial charge in [0.05, 0.1) is 7.11 Å². The number of rotatable bonds is 6. The molecule has 0 aromatic heterocycles. The Morgan fingerprint density at radius 3 is 2.72 bits per heavy atom. The Bertz CT molecular complexity index is 403. The van der Waals surface area contributed by atoms with Gasteiger partial charge < -0.3 is 10.1 Å². The summed E-state index contributed by atoms with van der Waals surface area (Å²) in [5.74, 6) is 0.953. The molecule has 2 heteroatoms. The molecule has 0 spiro atoms. The first-order valence-electron chi connectivity index (χ1n) is 6.81. The zero-order valence-electron chi connectivity index (χ0n) is 11.4. The van der Waals surface area contributed by atoms with Crippen LogP contribution in [0.1, 0.15) is 31.7 Å². The van der Waals surface area contributed by atoms with Crippen LogP contribution in [0.25, 0.3) is 0 Å². The number of ether oxygens (including phenoxy) is 1. The van der Waals surface area contributed by atoms with Gasteiger partial charge >= 0.3 is 0 Å². The summed E-state index contributed by atoms with van der Waals surface area (Å²) >= 11 is 0. The maximum atomic E-state index is 5.34. The van der Waals surface area contributed by atoms with Crippen molar-refractivity contribution < 1.29 is 4.74 Å². The van der Waals surface area contributed by atoms with E-state index < -0.39 is 0 Å². The summed E-state index contributed by atoms with van der Waals surface area (Å²) < 4.78 is 5.34. The lowest BCUT2D eigenvalue weighted by Gasteiger charge is -2.30. The second-order valence-corrected chi connectivity index (χ2v) is 5.07. The molecule has 2 nitrogen and oxygen atoms in total. The number of hydrogen-bond donors (Lipinski definition) is 1. The van der Waals surface area contributed by atoms with Gasteiger partial charge in [0, 0.05) is 12.0 Å². The molecule has 18 heavy (non-hydrogen) atoms. The van der Waals surface area contributed by atoms with Gasteiger partial charge in [-0.25, -0.2) is 0 Å². The average Bonchev–Trinajstić information content (AvgIpc) is 2.89. The van der Waals surface area contributed by atoms with Crippen molar-refractivity contribution in [2.75, 3.05) is 20.2 Å². The predicted octanol–water partition coefficient (Wildman–Crippen LogP) is 3.28. The minimum absolute atomic E-state index is 0.226. The number of methoxy groups -OCH3 is 1. The molecule has 1 aromatic rings. The van der Waals surface area contributed by atoms with E-state index in [1.165, 1.54) is 12.0 Å². The molecule has 0 saturated heterocycles. The zero-order chi connectivity index (χ0) is 12.8. The molecule has 1 aliphatic carbocycles. The molecule has 0 bridgehead atoms. The molecule has 0 atom stereocenters. The SMILES string of the molecule is CCCNCC1(c2cccc(OC)c2)CC=CC1. The van der Waals surface area contributed by atoms with Crippen LogP contribution in [0.15, 0.2) is 36.4 Å². The molecule has 1 aliphatic rings. The van der Waals surface area contributed by atoms with Crippen molar-refractivity contribution in [1.29, 1.82) is 0 Å². The Morgan fingerprint density at radius 1 is 1.28 bits per heavy atom. The van der Waals surface area contributed by atoms with Crippen LogP contribution in [0.5, 0.6) is 5.75 Å². The maximum Gasteiger partial charge on any atom is 0.119 e. The van der Waals surface area contributed by atoms with Gasteiger partial charge in [0.25, 0.3) is 0 Å². The summed E-state index contributed by atoms with van der Waals surface area (Å²) in [7, 11) is 1.73. The number of allylic oxidation sites excluding steroid dienone is 2. The summed E-state index contributed by atoms with van der Waals surface area (Å²) in [6.07, 6.45) is 8.02. The van der Waals surface area contributed by atoms with Crippen molar-refractivity contribution in [3.63, 3.8) is 0 Å². The summed E-state index contributed by atoms with van der Waals surface area (Å²) in [6, 6.07) is 8.51. The van der Waals surface area contributed by atoms with Gasteiger partial charge in [0.2, 0.25) is 0 Å². The molecule has 0 aliphatic heterocycles. The minimum Gasteiger partial charge on any atom is -0.497 e. The first-order chi connectivity index (χ1) is 8.80. The van der Waals surface area contributed by atoms with Crippen LogP contribution in [-0.2, 0) is 5.41 Å². The maximum absolute atomic E-state index is 5.34. The summed E-state index contributed by atoms with van der Waals surface area (Å²) in [5, 5.41) is 3.57. The third kappa shape index (κ3) is 2.75. The van der Waals surface area contributed by atoms with Crippen molar-refractivity contribution in [3.8, 4) is 5.75 Å². The van der Waals surface area contributed by atoms with E-state index in [4.69, 9.17) is 4.74 Å². The zero-order valence-corrected chi connectivity index (χ0v) is 11.4. The number of benzene rings is 1. The van der Waals surface area contributed by atoms with Crippen molar-refractivity contribution in [3.05, 3.63) is 42.0 Å². The van der Waals surface area contributed by atoms with Gasteiger partial charge in [-0.05, 0) is 43.5 Å². The molecule has 0 radical (unpaired) electrons. The normalized spacial score (nSPS) is 17.0. The lowest BCUT2D eigenvalue weighted by Crippen LogP contribution is -2.36. The summed E-state index contributed by atoms with van der Waals surface area (Å²) in [5.41, 5.74) is 1.61. The molecule has 0 amide bonds. The average molecular weight is 245 g/mol. The van der Waals surface area contributed by atoms with Crippen LogP contribution in [0.4, 0.5) is 0 Å². The van der Waals surface area contributed by atoms with Crippen LogP contribution in [0, 0.1) is 0 Å². The monoisotopic (exact) mass is 245 g/mol. The van der Waals surface area contributed by atoms with E-state index in [1.807, 2.05) is 6.07 Å². The molecule has 2 rings (SSSR count). The van der Waals surface area contributed by atoms with Crippen molar-refractivity contribution in [1.82, 2.24) is 5.32 Å². The quantitative estimate of drug-likeness (QED) is 0.613. The standard InChI is InChI=1S/C16H23NO/c1-3-11-17-13-16(9-4-5-10-16)14-7-6-8-15(12-14)18-2/h4-8,12,17H,3,9-11,13H2,1-2H3. The highest BCUT2D eigenvalue weighted by Crippen LogP contribution is 2.37. The molecule has 1 N–H and O–H groups in total. The highest BCUT2D eigenvalue weighted by atomic mass is 16.5. The Hall–Kier alpha value is -1.28. The van der Waals surface area contributed by atoms with E-state index in [1.54, 1.807) is 7.11 Å². The van der Waals surface area contributed by atoms with Crippen LogP contribution in [0.2, 0.25) is 0 Å². The van der Waals surface area contributed by atoms with Gasteiger partial charge in [0.15, 0.2) is 0 Å². The molecule has 1 aromatic carbocycles. The Balaban J connectivity index is 2.17. The first-order valence-corrected chi connectivity index (χ1v) is 6.81. The van der Waals surface area contributed by atoms with E-state index in [2.05, 4.69) is 42.6 Å². The lowest BCUT2D eigenvalue weighted by atomic mass is 9.78. The highest BCUT2D eigenvalue weighted by Gasteiger charge is 2.32. The topological polar surface area (TPSA) is 21.3 Å². The van der Waals surface area contributed by atoms with E-state index in [0.29, 0.717) is 0 Å². The molecule has 0 unspecified atom stereocenters. The lowest BCUT2D eigenvalue weighted by molar-refractivity contribution is 0.400. The minimum atomic E-state index is 0.226. The van der Waals surface area contributed by atoms with E-state index in [0.717, 1.165) is 31.7 Å². The summed E-state index contributed by atoms with van der Waals surface area (Å²) in [6.45, 7) is 4.34. The fourth-order valence-electron chi connectivity index (χ4n) is 2.64. The fourth-order valence-corrected chi connectivity index (χ4v) is 2.64. The Kier molecular flexibility index (Phi) is 4.43.